The van der Waals surface area contributed by atoms with Gasteiger partial charge in [-0.05, 0) is 26.3 Å². The summed E-state index contributed by atoms with van der Waals surface area (Å²) in [7, 11) is 1.76. The summed E-state index contributed by atoms with van der Waals surface area (Å²) in [5, 5.41) is 21.6. The Hall–Kier alpha value is -0.610. The molecule has 1 rings (SSSR count). The molecule has 1 aliphatic carbocycles. The number of rotatable bonds is 5. The highest BCUT2D eigenvalue weighted by Gasteiger charge is 2.42. The maximum absolute atomic E-state index is 11.1. The van der Waals surface area contributed by atoms with Crippen LogP contribution in [0, 0.1) is 5.41 Å². The number of carboxylic acid groups (broad SMARTS) is 1. The molecule has 4 nitrogen and oxygen atoms in total. The topological polar surface area (TPSA) is 69.6 Å². The second kappa shape index (κ2) is 4.75. The summed E-state index contributed by atoms with van der Waals surface area (Å²) in [6, 6.07) is 0. The number of aliphatic hydroxyl groups is 1. The lowest BCUT2D eigenvalue weighted by Gasteiger charge is -2.26. The summed E-state index contributed by atoms with van der Waals surface area (Å²) in [4.78, 5) is 11.1. The molecule has 14 heavy (non-hydrogen) atoms. The molecule has 0 bridgehead atoms. The predicted molar refractivity (Wildman–Crippen MR) is 53.1 cm³/mol. The zero-order valence-electron chi connectivity index (χ0n) is 8.62. The van der Waals surface area contributed by atoms with Crippen molar-refractivity contribution in [3.63, 3.8) is 0 Å². The van der Waals surface area contributed by atoms with E-state index >= 15 is 0 Å². The Balaban J connectivity index is 2.55. The van der Waals surface area contributed by atoms with E-state index in [0.29, 0.717) is 25.8 Å². The molecule has 1 atom stereocenters. The first-order chi connectivity index (χ1) is 6.60. The Morgan fingerprint density at radius 1 is 1.50 bits per heavy atom. The third-order valence-corrected chi connectivity index (χ3v) is 3.08. The van der Waals surface area contributed by atoms with Crippen LogP contribution in [0.2, 0.25) is 0 Å². The highest BCUT2D eigenvalue weighted by Crippen LogP contribution is 2.42. The van der Waals surface area contributed by atoms with E-state index in [4.69, 9.17) is 5.11 Å². The number of aliphatic carboxylic acids is 1. The lowest BCUT2D eigenvalue weighted by Crippen LogP contribution is -2.35. The lowest BCUT2D eigenvalue weighted by atomic mass is 9.80. The smallest absolute Gasteiger partial charge is 0.309 e. The van der Waals surface area contributed by atoms with Crippen molar-refractivity contribution in [2.75, 3.05) is 13.6 Å². The molecule has 0 heterocycles. The van der Waals surface area contributed by atoms with Crippen molar-refractivity contribution in [1.29, 1.82) is 0 Å². The van der Waals surface area contributed by atoms with Gasteiger partial charge in [-0.2, -0.15) is 0 Å². The second-order valence-corrected chi connectivity index (χ2v) is 4.21. The van der Waals surface area contributed by atoms with Gasteiger partial charge in [0, 0.05) is 6.54 Å². The van der Waals surface area contributed by atoms with Gasteiger partial charge in [0.25, 0.3) is 0 Å². The third-order valence-electron chi connectivity index (χ3n) is 3.08. The van der Waals surface area contributed by atoms with Gasteiger partial charge in [-0.3, -0.25) is 4.79 Å². The van der Waals surface area contributed by atoms with Crippen LogP contribution in [0.4, 0.5) is 0 Å². The largest absolute Gasteiger partial charge is 0.481 e. The summed E-state index contributed by atoms with van der Waals surface area (Å²) in [6.45, 7) is 0.467. The van der Waals surface area contributed by atoms with Gasteiger partial charge >= 0.3 is 5.97 Å². The van der Waals surface area contributed by atoms with Gasteiger partial charge in [-0.1, -0.05) is 12.8 Å². The van der Waals surface area contributed by atoms with Gasteiger partial charge in [0.15, 0.2) is 0 Å². The zero-order valence-corrected chi connectivity index (χ0v) is 8.62. The van der Waals surface area contributed by atoms with Crippen molar-refractivity contribution >= 4 is 5.97 Å². The van der Waals surface area contributed by atoms with Crippen LogP contribution in [0.25, 0.3) is 0 Å². The molecule has 0 spiro atoms. The van der Waals surface area contributed by atoms with Gasteiger partial charge in [0.05, 0.1) is 11.5 Å². The van der Waals surface area contributed by atoms with Crippen molar-refractivity contribution in [2.24, 2.45) is 5.41 Å². The van der Waals surface area contributed by atoms with Crippen LogP contribution >= 0.6 is 0 Å². The van der Waals surface area contributed by atoms with Crippen molar-refractivity contribution in [3.05, 3.63) is 0 Å². The molecule has 0 amide bonds. The van der Waals surface area contributed by atoms with Crippen LogP contribution in [0.1, 0.15) is 32.1 Å². The molecule has 1 fully saturated rings. The molecule has 82 valence electrons. The van der Waals surface area contributed by atoms with Gasteiger partial charge in [0.2, 0.25) is 0 Å². The van der Waals surface area contributed by atoms with Crippen LogP contribution < -0.4 is 5.32 Å². The van der Waals surface area contributed by atoms with E-state index in [-0.39, 0.29) is 0 Å². The number of nitrogens with one attached hydrogen (secondary N) is 1. The maximum atomic E-state index is 11.1. The fraction of sp³-hybridized carbons (Fsp3) is 0.900. The quantitative estimate of drug-likeness (QED) is 0.609. The van der Waals surface area contributed by atoms with Crippen LogP contribution in [0.3, 0.4) is 0 Å². The van der Waals surface area contributed by atoms with E-state index in [1.807, 2.05) is 0 Å². The number of hydrogen-bond donors (Lipinski definition) is 3. The van der Waals surface area contributed by atoms with Crippen LogP contribution in [-0.2, 0) is 4.79 Å². The number of aliphatic hydroxyl groups excluding tert-OH is 1. The molecule has 1 saturated carbocycles. The Morgan fingerprint density at radius 2 is 2.07 bits per heavy atom. The van der Waals surface area contributed by atoms with Crippen molar-refractivity contribution in [3.8, 4) is 0 Å². The minimum atomic E-state index is -0.745. The van der Waals surface area contributed by atoms with Crippen molar-refractivity contribution < 1.29 is 15.0 Å². The van der Waals surface area contributed by atoms with E-state index in [9.17, 15) is 9.90 Å². The Kier molecular flexibility index (Phi) is 3.89. The maximum Gasteiger partial charge on any atom is 0.309 e. The number of carbonyl (C=O) groups is 1. The molecule has 0 saturated heterocycles. The normalized spacial score (nSPS) is 22.1. The molecular formula is C10H19NO3. The van der Waals surface area contributed by atoms with Crippen molar-refractivity contribution in [1.82, 2.24) is 5.32 Å². The minimum Gasteiger partial charge on any atom is -0.481 e. The first kappa shape index (κ1) is 11.5. The molecule has 0 radical (unpaired) electrons. The first-order valence-electron chi connectivity index (χ1n) is 5.17. The van der Waals surface area contributed by atoms with Crippen LogP contribution in [0.5, 0.6) is 0 Å². The van der Waals surface area contributed by atoms with E-state index in [0.717, 1.165) is 12.8 Å². The van der Waals surface area contributed by atoms with E-state index in [1.54, 1.807) is 7.05 Å². The van der Waals surface area contributed by atoms with E-state index < -0.39 is 17.5 Å². The summed E-state index contributed by atoms with van der Waals surface area (Å²) < 4.78 is 0. The molecule has 0 aromatic carbocycles. The second-order valence-electron chi connectivity index (χ2n) is 4.21. The van der Waals surface area contributed by atoms with Crippen molar-refractivity contribution in [2.45, 2.75) is 38.2 Å². The monoisotopic (exact) mass is 201 g/mol. The highest BCUT2D eigenvalue weighted by molar-refractivity contribution is 5.75. The Labute approximate surface area is 84.3 Å². The van der Waals surface area contributed by atoms with E-state index in [2.05, 4.69) is 5.32 Å². The van der Waals surface area contributed by atoms with Crippen LogP contribution in [0.15, 0.2) is 0 Å². The standard InChI is InChI=1S/C10H19NO3/c1-11-7-8(12)6-10(9(13)14)4-2-3-5-10/h8,11-12H,2-7H2,1H3,(H,13,14)/t8-/m0/s1. The molecule has 3 N–H and O–H groups in total. The molecule has 1 aliphatic rings. The fourth-order valence-electron chi connectivity index (χ4n) is 2.32. The number of likely N-dealkylation sites (N-methyl/N-ethyl adjacent to an activating group) is 1. The Morgan fingerprint density at radius 3 is 2.50 bits per heavy atom. The first-order valence-corrected chi connectivity index (χ1v) is 5.17. The summed E-state index contributed by atoms with van der Waals surface area (Å²) >= 11 is 0. The minimum absolute atomic E-state index is 0.378. The predicted octanol–water partition coefficient (Wildman–Crippen LogP) is 0.602. The highest BCUT2D eigenvalue weighted by atomic mass is 16.4. The average molecular weight is 201 g/mol. The summed E-state index contributed by atoms with van der Waals surface area (Å²) in [5.41, 5.74) is -0.656. The van der Waals surface area contributed by atoms with Gasteiger partial charge in [0.1, 0.15) is 0 Å². The van der Waals surface area contributed by atoms with Gasteiger partial charge < -0.3 is 15.5 Å². The molecule has 0 unspecified atom stereocenters. The molecular weight excluding hydrogens is 182 g/mol. The number of carboxylic acids is 1. The molecule has 4 heteroatoms. The summed E-state index contributed by atoms with van der Waals surface area (Å²) in [5.74, 6) is -0.745. The number of hydrogen-bond acceptors (Lipinski definition) is 3. The molecule has 0 aromatic heterocycles. The zero-order chi connectivity index (χ0) is 10.6. The van der Waals surface area contributed by atoms with Crippen LogP contribution in [-0.4, -0.2) is 35.9 Å². The summed E-state index contributed by atoms with van der Waals surface area (Å²) in [6.07, 6.45) is 3.20. The molecule has 0 aromatic rings. The lowest BCUT2D eigenvalue weighted by molar-refractivity contribution is -0.150. The average Bonchev–Trinajstić information content (AvgIpc) is 2.54. The fourth-order valence-corrected chi connectivity index (χ4v) is 2.32. The van der Waals surface area contributed by atoms with E-state index in [1.165, 1.54) is 0 Å². The molecule has 0 aliphatic heterocycles. The SMILES string of the molecule is CNC[C@@H](O)CC1(C(=O)O)CCCC1. The Bertz CT molecular complexity index is 200. The van der Waals surface area contributed by atoms with Gasteiger partial charge in [-0.15, -0.1) is 0 Å². The van der Waals surface area contributed by atoms with Gasteiger partial charge in [-0.25, -0.2) is 0 Å². The third kappa shape index (κ3) is 2.45.